The molecule has 0 spiro atoms. The molecule has 0 radical (unpaired) electrons. The quantitative estimate of drug-likeness (QED) is 0.910. The highest BCUT2D eigenvalue weighted by Gasteiger charge is 2.16. The average molecular weight is 279 g/mol. The predicted octanol–water partition coefficient (Wildman–Crippen LogP) is 3.72. The van der Waals surface area contributed by atoms with E-state index in [4.69, 9.17) is 4.74 Å². The number of para-hydroxylation sites is 1. The van der Waals surface area contributed by atoms with Crippen molar-refractivity contribution >= 4 is 5.69 Å². The first-order valence-corrected chi connectivity index (χ1v) is 7.11. The Morgan fingerprint density at radius 1 is 1.29 bits per heavy atom. The lowest BCUT2D eigenvalue weighted by atomic mass is 10.0. The fraction of sp³-hybridized carbons (Fsp3) is 0.294. The average Bonchev–Trinajstić information content (AvgIpc) is 2.47. The summed E-state index contributed by atoms with van der Waals surface area (Å²) in [7, 11) is 0. The van der Waals surface area contributed by atoms with Crippen LogP contribution in [0.3, 0.4) is 0 Å². The van der Waals surface area contributed by atoms with Crippen molar-refractivity contribution in [3.8, 4) is 17.6 Å². The van der Waals surface area contributed by atoms with Gasteiger partial charge in [0.1, 0.15) is 17.4 Å². The van der Waals surface area contributed by atoms with Crippen molar-refractivity contribution in [3.05, 3.63) is 46.8 Å². The number of rotatable bonds is 2. The Balaban J connectivity index is 2.04. The van der Waals surface area contributed by atoms with Crippen LogP contribution >= 0.6 is 0 Å². The third kappa shape index (κ3) is 2.55. The highest BCUT2D eigenvalue weighted by molar-refractivity contribution is 5.65. The minimum atomic E-state index is 0.494. The van der Waals surface area contributed by atoms with Crippen LogP contribution in [0.5, 0.6) is 11.5 Å². The second kappa shape index (κ2) is 5.45. The van der Waals surface area contributed by atoms with Crippen LogP contribution in [0.25, 0.3) is 0 Å². The number of nitrogens with one attached hydrogen (secondary N) is 1. The maximum absolute atomic E-state index is 9.32. The number of pyridine rings is 1. The molecule has 1 aliphatic heterocycles. The maximum atomic E-state index is 9.32. The van der Waals surface area contributed by atoms with Crippen LogP contribution in [0.4, 0.5) is 5.69 Å². The van der Waals surface area contributed by atoms with E-state index in [9.17, 15) is 5.26 Å². The van der Waals surface area contributed by atoms with Crippen LogP contribution in [0, 0.1) is 25.2 Å². The molecule has 0 unspecified atom stereocenters. The summed E-state index contributed by atoms with van der Waals surface area (Å²) >= 11 is 0. The van der Waals surface area contributed by atoms with Gasteiger partial charge >= 0.3 is 0 Å². The number of fused-ring (bicyclic) bond motifs is 1. The number of aromatic nitrogens is 1. The van der Waals surface area contributed by atoms with Crippen LogP contribution in [-0.4, -0.2) is 11.5 Å². The molecule has 4 heteroatoms. The van der Waals surface area contributed by atoms with Crippen molar-refractivity contribution in [2.24, 2.45) is 0 Å². The van der Waals surface area contributed by atoms with Crippen molar-refractivity contribution in [3.63, 3.8) is 0 Å². The van der Waals surface area contributed by atoms with E-state index in [1.807, 2.05) is 32.0 Å². The van der Waals surface area contributed by atoms with Gasteiger partial charge in [-0.05, 0) is 38.3 Å². The monoisotopic (exact) mass is 279 g/mol. The molecule has 0 atom stereocenters. The summed E-state index contributed by atoms with van der Waals surface area (Å²) in [6.45, 7) is 4.68. The zero-order valence-electron chi connectivity index (χ0n) is 12.2. The predicted molar refractivity (Wildman–Crippen MR) is 81.8 cm³/mol. The molecule has 0 saturated carbocycles. The number of benzene rings is 1. The highest BCUT2D eigenvalue weighted by Crippen LogP contribution is 2.36. The van der Waals surface area contributed by atoms with Gasteiger partial charge in [-0.3, -0.25) is 4.98 Å². The van der Waals surface area contributed by atoms with Gasteiger partial charge in [0, 0.05) is 18.3 Å². The smallest absolute Gasteiger partial charge is 0.150 e. The molecule has 3 rings (SSSR count). The number of anilines is 1. The largest absolute Gasteiger partial charge is 0.454 e. The molecule has 0 aliphatic carbocycles. The van der Waals surface area contributed by atoms with E-state index in [1.54, 1.807) is 0 Å². The molecule has 0 fully saturated rings. The number of nitrogens with zero attached hydrogens (tertiary/aromatic N) is 2. The molecule has 2 aromatic rings. The van der Waals surface area contributed by atoms with Gasteiger partial charge in [0.25, 0.3) is 0 Å². The van der Waals surface area contributed by atoms with Crippen LogP contribution < -0.4 is 10.1 Å². The second-order valence-corrected chi connectivity index (χ2v) is 5.26. The van der Waals surface area contributed by atoms with E-state index in [0.29, 0.717) is 17.0 Å². The SMILES string of the molecule is Cc1cc(Oc2cccc3c2NCCC3)c(C#N)c(C)n1. The van der Waals surface area contributed by atoms with Crippen LogP contribution in [0.2, 0.25) is 0 Å². The fourth-order valence-electron chi connectivity index (χ4n) is 2.69. The third-order valence-electron chi connectivity index (χ3n) is 3.66. The van der Waals surface area contributed by atoms with Crippen molar-refractivity contribution in [2.45, 2.75) is 26.7 Å². The van der Waals surface area contributed by atoms with E-state index < -0.39 is 0 Å². The lowest BCUT2D eigenvalue weighted by Crippen LogP contribution is -2.12. The summed E-state index contributed by atoms with van der Waals surface area (Å²) in [6.07, 6.45) is 2.19. The van der Waals surface area contributed by atoms with E-state index in [1.165, 1.54) is 5.56 Å². The van der Waals surface area contributed by atoms with Crippen molar-refractivity contribution < 1.29 is 4.74 Å². The Hall–Kier alpha value is -2.54. The Kier molecular flexibility index (Phi) is 3.49. The zero-order valence-corrected chi connectivity index (χ0v) is 12.2. The number of ether oxygens (including phenoxy) is 1. The molecular weight excluding hydrogens is 262 g/mol. The van der Waals surface area contributed by atoms with Crippen molar-refractivity contribution in [1.29, 1.82) is 5.26 Å². The molecule has 4 nitrogen and oxygen atoms in total. The topological polar surface area (TPSA) is 57.9 Å². The minimum Gasteiger partial charge on any atom is -0.454 e. The van der Waals surface area contributed by atoms with E-state index in [2.05, 4.69) is 22.4 Å². The summed E-state index contributed by atoms with van der Waals surface area (Å²) in [5, 5.41) is 12.7. The molecule has 21 heavy (non-hydrogen) atoms. The first-order valence-electron chi connectivity index (χ1n) is 7.11. The number of aryl methyl sites for hydroxylation is 3. The Bertz CT molecular complexity index is 732. The maximum Gasteiger partial charge on any atom is 0.150 e. The summed E-state index contributed by atoms with van der Waals surface area (Å²) < 4.78 is 6.04. The number of nitriles is 1. The standard InChI is InChI=1S/C17H17N3O/c1-11-9-16(14(10-18)12(2)20-11)21-15-7-3-5-13-6-4-8-19-17(13)15/h3,5,7,9,19H,4,6,8H2,1-2H3. The second-order valence-electron chi connectivity index (χ2n) is 5.26. The van der Waals surface area contributed by atoms with Crippen LogP contribution in [0.15, 0.2) is 24.3 Å². The Labute approximate surface area is 124 Å². The van der Waals surface area contributed by atoms with Crippen molar-refractivity contribution in [2.75, 3.05) is 11.9 Å². The molecule has 1 N–H and O–H groups in total. The molecule has 0 saturated heterocycles. The van der Waals surface area contributed by atoms with Gasteiger partial charge < -0.3 is 10.1 Å². The minimum absolute atomic E-state index is 0.494. The molecule has 0 amide bonds. The highest BCUT2D eigenvalue weighted by atomic mass is 16.5. The lowest BCUT2D eigenvalue weighted by Gasteiger charge is -2.21. The third-order valence-corrected chi connectivity index (χ3v) is 3.66. The Morgan fingerprint density at radius 2 is 2.14 bits per heavy atom. The molecular formula is C17H17N3O. The fourth-order valence-corrected chi connectivity index (χ4v) is 2.69. The number of hydrogen-bond acceptors (Lipinski definition) is 4. The van der Waals surface area contributed by atoms with E-state index in [-0.39, 0.29) is 0 Å². The summed E-state index contributed by atoms with van der Waals surface area (Å²) in [5.74, 6) is 1.34. The molecule has 0 bridgehead atoms. The lowest BCUT2D eigenvalue weighted by molar-refractivity contribution is 0.479. The van der Waals surface area contributed by atoms with Gasteiger partial charge in [0.15, 0.2) is 5.75 Å². The van der Waals surface area contributed by atoms with Gasteiger partial charge in [-0.2, -0.15) is 5.26 Å². The van der Waals surface area contributed by atoms with Crippen LogP contribution in [0.1, 0.15) is 28.9 Å². The molecule has 1 aromatic heterocycles. The Morgan fingerprint density at radius 3 is 2.95 bits per heavy atom. The van der Waals surface area contributed by atoms with Gasteiger partial charge in [-0.25, -0.2) is 0 Å². The number of hydrogen-bond donors (Lipinski definition) is 1. The van der Waals surface area contributed by atoms with Gasteiger partial charge in [-0.15, -0.1) is 0 Å². The first kappa shape index (κ1) is 13.4. The normalized spacial score (nSPS) is 13.0. The van der Waals surface area contributed by atoms with Gasteiger partial charge in [-0.1, -0.05) is 12.1 Å². The molecule has 2 heterocycles. The first-order chi connectivity index (χ1) is 10.2. The van der Waals surface area contributed by atoms with Crippen LogP contribution in [-0.2, 0) is 6.42 Å². The summed E-state index contributed by atoms with van der Waals surface area (Å²) in [4.78, 5) is 4.32. The summed E-state index contributed by atoms with van der Waals surface area (Å²) in [6, 6.07) is 10.0. The summed E-state index contributed by atoms with van der Waals surface area (Å²) in [5.41, 5.74) is 4.35. The van der Waals surface area contributed by atoms with E-state index >= 15 is 0 Å². The molecule has 106 valence electrons. The molecule has 1 aromatic carbocycles. The van der Waals surface area contributed by atoms with E-state index in [0.717, 1.165) is 36.5 Å². The molecule has 1 aliphatic rings. The zero-order chi connectivity index (χ0) is 14.8. The van der Waals surface area contributed by atoms with Gasteiger partial charge in [0.05, 0.1) is 11.4 Å². The van der Waals surface area contributed by atoms with Gasteiger partial charge in [0.2, 0.25) is 0 Å². The van der Waals surface area contributed by atoms with Crippen molar-refractivity contribution in [1.82, 2.24) is 4.98 Å².